The van der Waals surface area contributed by atoms with Crippen LogP contribution in [-0.2, 0) is 13.1 Å². The molecule has 114 valence electrons. The molecule has 1 heterocycles. The number of ether oxygens (including phenoxy) is 1. The fourth-order valence-corrected chi connectivity index (χ4v) is 2.42. The average molecular weight is 295 g/mol. The molecule has 0 amide bonds. The third-order valence-corrected chi connectivity index (χ3v) is 3.33. The van der Waals surface area contributed by atoms with E-state index in [9.17, 15) is 0 Å². The molecule has 0 bridgehead atoms. The molecule has 4 nitrogen and oxygen atoms in total. The first-order valence-corrected chi connectivity index (χ1v) is 7.60. The summed E-state index contributed by atoms with van der Waals surface area (Å²) in [4.78, 5) is 7.88. The lowest BCUT2D eigenvalue weighted by molar-refractivity contribution is 0.242. The van der Waals surface area contributed by atoms with E-state index in [1.54, 1.807) is 0 Å². The summed E-state index contributed by atoms with van der Waals surface area (Å²) in [6, 6.07) is 16.3. The fourth-order valence-electron chi connectivity index (χ4n) is 2.42. The second-order valence-corrected chi connectivity index (χ2v) is 5.62. The quantitative estimate of drug-likeness (QED) is 0.730. The first-order valence-electron chi connectivity index (χ1n) is 7.60. The van der Waals surface area contributed by atoms with Crippen LogP contribution in [-0.4, -0.2) is 16.1 Å². The topological polar surface area (TPSA) is 49.9 Å². The van der Waals surface area contributed by atoms with E-state index in [0.717, 1.165) is 29.2 Å². The zero-order valence-electron chi connectivity index (χ0n) is 13.0. The van der Waals surface area contributed by atoms with Gasteiger partial charge in [-0.15, -0.1) is 0 Å². The van der Waals surface area contributed by atoms with Crippen molar-refractivity contribution in [2.75, 3.05) is 0 Å². The van der Waals surface area contributed by atoms with Crippen molar-refractivity contribution < 1.29 is 4.74 Å². The second-order valence-electron chi connectivity index (χ2n) is 5.62. The van der Waals surface area contributed by atoms with Gasteiger partial charge in [0, 0.05) is 6.54 Å². The molecule has 0 radical (unpaired) electrons. The molecule has 0 aliphatic rings. The van der Waals surface area contributed by atoms with Gasteiger partial charge in [-0.25, -0.2) is 4.98 Å². The Hall–Kier alpha value is -2.33. The van der Waals surface area contributed by atoms with E-state index >= 15 is 0 Å². The van der Waals surface area contributed by atoms with Crippen LogP contribution in [0.25, 0.3) is 11.0 Å². The molecule has 0 fully saturated rings. The largest absolute Gasteiger partial charge is 0.491 e. The molecule has 0 aliphatic heterocycles. The molecule has 4 heteroatoms. The van der Waals surface area contributed by atoms with Crippen LogP contribution in [0.2, 0.25) is 0 Å². The fraction of sp³-hybridized carbons (Fsp3) is 0.278. The van der Waals surface area contributed by atoms with Crippen LogP contribution in [0.3, 0.4) is 0 Å². The van der Waals surface area contributed by atoms with Crippen molar-refractivity contribution in [3.8, 4) is 5.75 Å². The monoisotopic (exact) mass is 295 g/mol. The number of aromatic amines is 1. The van der Waals surface area contributed by atoms with Gasteiger partial charge in [-0.2, -0.15) is 0 Å². The lowest BCUT2D eigenvalue weighted by atomic mass is 10.2. The van der Waals surface area contributed by atoms with Gasteiger partial charge in [0.05, 0.1) is 23.7 Å². The number of H-pyrrole nitrogens is 1. The van der Waals surface area contributed by atoms with Crippen LogP contribution in [0, 0.1) is 0 Å². The Morgan fingerprint density at radius 1 is 1.09 bits per heavy atom. The highest BCUT2D eigenvalue weighted by Crippen LogP contribution is 2.15. The molecule has 1 aromatic heterocycles. The summed E-state index contributed by atoms with van der Waals surface area (Å²) in [5.74, 6) is 1.87. The Morgan fingerprint density at radius 3 is 2.77 bits per heavy atom. The maximum atomic E-state index is 5.71. The van der Waals surface area contributed by atoms with E-state index < -0.39 is 0 Å². The summed E-state index contributed by atoms with van der Waals surface area (Å²) in [6.45, 7) is 5.56. The number of para-hydroxylation sites is 2. The predicted octanol–water partition coefficient (Wildman–Crippen LogP) is 3.64. The number of fused-ring (bicyclic) bond motifs is 1. The minimum absolute atomic E-state index is 0.193. The third kappa shape index (κ3) is 3.65. The molecule has 22 heavy (non-hydrogen) atoms. The number of nitrogens with one attached hydrogen (secondary N) is 2. The highest BCUT2D eigenvalue weighted by Gasteiger charge is 2.02. The van der Waals surface area contributed by atoms with E-state index in [-0.39, 0.29) is 6.10 Å². The van der Waals surface area contributed by atoms with Gasteiger partial charge in [0.25, 0.3) is 0 Å². The van der Waals surface area contributed by atoms with Gasteiger partial charge in [0.2, 0.25) is 0 Å². The van der Waals surface area contributed by atoms with Gasteiger partial charge in [0.15, 0.2) is 0 Å². The highest BCUT2D eigenvalue weighted by atomic mass is 16.5. The minimum Gasteiger partial charge on any atom is -0.491 e. The van der Waals surface area contributed by atoms with Crippen LogP contribution < -0.4 is 10.1 Å². The first kappa shape index (κ1) is 14.6. The second kappa shape index (κ2) is 6.62. The van der Waals surface area contributed by atoms with Gasteiger partial charge < -0.3 is 15.0 Å². The zero-order chi connectivity index (χ0) is 15.4. The van der Waals surface area contributed by atoms with E-state index in [2.05, 4.69) is 27.4 Å². The van der Waals surface area contributed by atoms with Gasteiger partial charge in [0.1, 0.15) is 11.6 Å². The van der Waals surface area contributed by atoms with Crippen LogP contribution in [0.15, 0.2) is 48.5 Å². The zero-order valence-corrected chi connectivity index (χ0v) is 13.0. The van der Waals surface area contributed by atoms with Gasteiger partial charge >= 0.3 is 0 Å². The molecule has 0 saturated heterocycles. The maximum Gasteiger partial charge on any atom is 0.121 e. The molecular weight excluding hydrogens is 274 g/mol. The summed E-state index contributed by atoms with van der Waals surface area (Å²) in [7, 11) is 0. The third-order valence-electron chi connectivity index (χ3n) is 3.33. The van der Waals surface area contributed by atoms with Crippen molar-refractivity contribution in [3.63, 3.8) is 0 Å². The SMILES string of the molecule is CC(C)Oc1cccc(CNCc2nc3ccccc3[nH]2)c1. The Kier molecular flexibility index (Phi) is 4.39. The molecule has 0 atom stereocenters. The van der Waals surface area contributed by atoms with Crippen LogP contribution in [0.4, 0.5) is 0 Å². The van der Waals surface area contributed by atoms with Crippen molar-refractivity contribution in [2.24, 2.45) is 0 Å². The average Bonchev–Trinajstić information content (AvgIpc) is 2.89. The smallest absolute Gasteiger partial charge is 0.121 e. The molecule has 2 N–H and O–H groups in total. The lowest BCUT2D eigenvalue weighted by Crippen LogP contribution is -2.14. The summed E-state index contributed by atoms with van der Waals surface area (Å²) in [5.41, 5.74) is 3.28. The number of benzene rings is 2. The number of hydrogen-bond donors (Lipinski definition) is 2. The summed E-state index contributed by atoms with van der Waals surface area (Å²) in [5, 5.41) is 3.41. The Bertz CT molecular complexity index is 716. The minimum atomic E-state index is 0.193. The van der Waals surface area contributed by atoms with Gasteiger partial charge in [-0.1, -0.05) is 24.3 Å². The Balaban J connectivity index is 1.58. The van der Waals surface area contributed by atoms with Crippen LogP contribution in [0.1, 0.15) is 25.2 Å². The number of rotatable bonds is 6. The molecule has 2 aromatic carbocycles. The van der Waals surface area contributed by atoms with Gasteiger partial charge in [-0.05, 0) is 43.7 Å². The van der Waals surface area contributed by atoms with E-state index in [4.69, 9.17) is 4.74 Å². The van der Waals surface area contributed by atoms with E-state index in [0.29, 0.717) is 6.54 Å². The van der Waals surface area contributed by atoms with Crippen molar-refractivity contribution >= 4 is 11.0 Å². The molecular formula is C18H21N3O. The molecule has 0 unspecified atom stereocenters. The summed E-state index contributed by atoms with van der Waals surface area (Å²) >= 11 is 0. The summed E-state index contributed by atoms with van der Waals surface area (Å²) < 4.78 is 5.71. The maximum absolute atomic E-state index is 5.71. The van der Waals surface area contributed by atoms with Crippen LogP contribution in [0.5, 0.6) is 5.75 Å². The highest BCUT2D eigenvalue weighted by molar-refractivity contribution is 5.74. The van der Waals surface area contributed by atoms with Crippen molar-refractivity contribution in [3.05, 3.63) is 59.9 Å². The Morgan fingerprint density at radius 2 is 1.95 bits per heavy atom. The molecule has 0 spiro atoms. The van der Waals surface area contributed by atoms with E-state index in [1.165, 1.54) is 5.56 Å². The number of hydrogen-bond acceptors (Lipinski definition) is 3. The van der Waals surface area contributed by atoms with Crippen LogP contribution >= 0.6 is 0 Å². The lowest BCUT2D eigenvalue weighted by Gasteiger charge is -2.11. The first-order chi connectivity index (χ1) is 10.7. The summed E-state index contributed by atoms with van der Waals surface area (Å²) in [6.07, 6.45) is 0.193. The van der Waals surface area contributed by atoms with Gasteiger partial charge in [-0.3, -0.25) is 0 Å². The molecule has 3 rings (SSSR count). The molecule has 0 saturated carbocycles. The van der Waals surface area contributed by atoms with Crippen molar-refractivity contribution in [2.45, 2.75) is 33.0 Å². The van der Waals surface area contributed by atoms with Crippen molar-refractivity contribution in [1.29, 1.82) is 0 Å². The number of imidazole rings is 1. The molecule has 0 aliphatic carbocycles. The number of aromatic nitrogens is 2. The standard InChI is InChI=1S/C18H21N3O/c1-13(2)22-15-7-5-6-14(10-15)11-19-12-18-20-16-8-3-4-9-17(16)21-18/h3-10,13,19H,11-12H2,1-2H3,(H,20,21). The molecule has 3 aromatic rings. The van der Waals surface area contributed by atoms with Crippen molar-refractivity contribution in [1.82, 2.24) is 15.3 Å². The van der Waals surface area contributed by atoms with E-state index in [1.807, 2.05) is 50.2 Å². The normalized spacial score (nSPS) is 11.2. The predicted molar refractivity (Wildman–Crippen MR) is 88.8 cm³/mol. The number of nitrogens with zero attached hydrogens (tertiary/aromatic N) is 1. The Labute approximate surface area is 130 Å².